The molecule has 0 spiro atoms. The molecule has 10 heteroatoms. The number of nitrogens with one attached hydrogen (secondary N) is 2. The van der Waals surface area contributed by atoms with Gasteiger partial charge in [-0.3, -0.25) is 10.1 Å². The molecule has 2 aliphatic rings. The number of hydrogen-bond donors (Lipinski definition) is 2. The number of anilines is 1. The third-order valence-corrected chi connectivity index (χ3v) is 3.53. The van der Waals surface area contributed by atoms with Crippen LogP contribution < -0.4 is 5.32 Å². The van der Waals surface area contributed by atoms with Gasteiger partial charge in [0.25, 0.3) is 5.95 Å². The number of rotatable bonds is 2. The summed E-state index contributed by atoms with van der Waals surface area (Å²) in [6.07, 6.45) is -5.28. The van der Waals surface area contributed by atoms with Crippen LogP contribution in [0.2, 0.25) is 0 Å². The Morgan fingerprint density at radius 1 is 1.37 bits per heavy atom. The zero-order valence-electron chi connectivity index (χ0n) is 9.52. The first kappa shape index (κ1) is 12.3. The molecule has 4 atom stereocenters. The first-order valence-corrected chi connectivity index (χ1v) is 5.73. The van der Waals surface area contributed by atoms with Crippen molar-refractivity contribution in [2.75, 3.05) is 5.32 Å². The highest BCUT2D eigenvalue weighted by Gasteiger charge is 2.62. The Kier molecular flexibility index (Phi) is 2.69. The summed E-state index contributed by atoms with van der Waals surface area (Å²) in [5.41, 5.74) is 0. The molecule has 1 amide bonds. The van der Waals surface area contributed by atoms with Gasteiger partial charge in [-0.1, -0.05) is 5.10 Å². The number of ether oxygens (including phenoxy) is 1. The summed E-state index contributed by atoms with van der Waals surface area (Å²) in [6, 6.07) is 0. The van der Waals surface area contributed by atoms with Gasteiger partial charge >= 0.3 is 6.18 Å². The minimum Gasteiger partial charge on any atom is -0.373 e. The fourth-order valence-corrected chi connectivity index (χ4v) is 2.83. The highest BCUT2D eigenvalue weighted by molar-refractivity contribution is 5.92. The maximum absolute atomic E-state index is 13.0. The molecule has 2 bridgehead atoms. The summed E-state index contributed by atoms with van der Waals surface area (Å²) in [4.78, 5) is 11.9. The fraction of sp³-hybridized carbons (Fsp3) is 0.778. The van der Waals surface area contributed by atoms with Crippen molar-refractivity contribution in [2.45, 2.75) is 31.2 Å². The summed E-state index contributed by atoms with van der Waals surface area (Å²) >= 11 is 0. The van der Waals surface area contributed by atoms with Crippen molar-refractivity contribution in [3.8, 4) is 0 Å². The lowest BCUT2D eigenvalue weighted by molar-refractivity contribution is -0.196. The van der Waals surface area contributed by atoms with Gasteiger partial charge in [0.1, 0.15) is 0 Å². The van der Waals surface area contributed by atoms with E-state index >= 15 is 0 Å². The van der Waals surface area contributed by atoms with E-state index < -0.39 is 36.1 Å². The molecule has 104 valence electrons. The van der Waals surface area contributed by atoms with Crippen LogP contribution in [0.4, 0.5) is 19.1 Å². The average Bonchev–Trinajstić information content (AvgIpc) is 3.02. The number of alkyl halides is 3. The molecule has 0 aliphatic carbocycles. The Hall–Kier alpha value is -1.71. The van der Waals surface area contributed by atoms with Crippen molar-refractivity contribution in [3.05, 3.63) is 0 Å². The molecule has 2 saturated heterocycles. The van der Waals surface area contributed by atoms with Crippen LogP contribution in [-0.4, -0.2) is 44.9 Å². The lowest BCUT2D eigenvalue weighted by Crippen LogP contribution is -2.44. The standard InChI is InChI=1S/C9H10F3N5O2/c10-9(11,12)6-4-2-1-3(19-4)5(6)7(18)13-8-14-16-17-15-8/h3-6H,1-2H2,(H2,13,14,15,16,17,18). The minimum atomic E-state index is -4.46. The van der Waals surface area contributed by atoms with Gasteiger partial charge in [-0.25, -0.2) is 0 Å². The van der Waals surface area contributed by atoms with Gasteiger partial charge in [0.15, 0.2) is 0 Å². The van der Waals surface area contributed by atoms with E-state index in [4.69, 9.17) is 4.74 Å². The van der Waals surface area contributed by atoms with Crippen LogP contribution in [0.3, 0.4) is 0 Å². The Bertz CT molecular complexity index is 477. The molecule has 19 heavy (non-hydrogen) atoms. The van der Waals surface area contributed by atoms with Crippen molar-refractivity contribution < 1.29 is 22.7 Å². The number of H-pyrrole nitrogens is 1. The van der Waals surface area contributed by atoms with E-state index in [-0.39, 0.29) is 5.95 Å². The Morgan fingerprint density at radius 2 is 2.11 bits per heavy atom. The summed E-state index contributed by atoms with van der Waals surface area (Å²) in [5.74, 6) is -3.94. The van der Waals surface area contributed by atoms with Gasteiger partial charge in [0, 0.05) is 0 Å². The van der Waals surface area contributed by atoms with Crippen LogP contribution in [0.1, 0.15) is 12.8 Å². The Morgan fingerprint density at radius 3 is 2.74 bits per heavy atom. The van der Waals surface area contributed by atoms with Gasteiger partial charge in [0.05, 0.1) is 24.0 Å². The third-order valence-electron chi connectivity index (χ3n) is 3.53. The van der Waals surface area contributed by atoms with Gasteiger partial charge < -0.3 is 4.74 Å². The van der Waals surface area contributed by atoms with E-state index in [1.807, 2.05) is 0 Å². The Balaban J connectivity index is 1.80. The smallest absolute Gasteiger partial charge is 0.373 e. The molecule has 0 radical (unpaired) electrons. The highest BCUT2D eigenvalue weighted by atomic mass is 19.4. The maximum atomic E-state index is 13.0. The summed E-state index contributed by atoms with van der Waals surface area (Å²) in [7, 11) is 0. The summed E-state index contributed by atoms with van der Waals surface area (Å²) < 4.78 is 44.2. The van der Waals surface area contributed by atoms with E-state index in [2.05, 4.69) is 25.9 Å². The van der Waals surface area contributed by atoms with Crippen molar-refractivity contribution >= 4 is 11.9 Å². The van der Waals surface area contributed by atoms with E-state index in [0.29, 0.717) is 12.8 Å². The third kappa shape index (κ3) is 2.05. The molecule has 0 aromatic carbocycles. The van der Waals surface area contributed by atoms with E-state index in [1.54, 1.807) is 0 Å². The first-order valence-electron chi connectivity index (χ1n) is 5.73. The van der Waals surface area contributed by atoms with Gasteiger partial charge in [-0.2, -0.15) is 18.4 Å². The number of fused-ring (bicyclic) bond motifs is 2. The molecular weight excluding hydrogens is 267 g/mol. The minimum absolute atomic E-state index is 0.145. The van der Waals surface area contributed by atoms with E-state index in [9.17, 15) is 18.0 Å². The molecule has 1 aromatic heterocycles. The van der Waals surface area contributed by atoms with Crippen LogP contribution in [0, 0.1) is 11.8 Å². The van der Waals surface area contributed by atoms with Gasteiger partial charge in [-0.15, -0.1) is 5.10 Å². The monoisotopic (exact) mass is 277 g/mol. The summed E-state index contributed by atoms with van der Waals surface area (Å²) in [6.45, 7) is 0. The number of carbonyl (C=O) groups excluding carboxylic acids is 1. The molecule has 7 nitrogen and oxygen atoms in total. The number of carbonyl (C=O) groups is 1. The normalized spacial score (nSPS) is 33.6. The average molecular weight is 277 g/mol. The van der Waals surface area contributed by atoms with E-state index in [0.717, 1.165) is 0 Å². The number of aromatic amines is 1. The predicted octanol–water partition coefficient (Wildman–Crippen LogP) is 0.494. The van der Waals surface area contributed by atoms with Crippen LogP contribution in [0.25, 0.3) is 0 Å². The molecule has 3 heterocycles. The lowest BCUT2D eigenvalue weighted by atomic mass is 9.78. The zero-order valence-corrected chi connectivity index (χ0v) is 9.52. The number of hydrogen-bond acceptors (Lipinski definition) is 5. The number of halogens is 3. The molecule has 2 N–H and O–H groups in total. The fourth-order valence-electron chi connectivity index (χ4n) is 2.83. The molecule has 1 aromatic rings. The number of aromatic nitrogens is 4. The molecule has 2 aliphatic heterocycles. The lowest BCUT2D eigenvalue weighted by Gasteiger charge is -2.28. The first-order chi connectivity index (χ1) is 8.97. The van der Waals surface area contributed by atoms with Crippen molar-refractivity contribution in [2.24, 2.45) is 11.8 Å². The number of amides is 1. The second-order valence-electron chi connectivity index (χ2n) is 4.61. The summed E-state index contributed by atoms with van der Waals surface area (Å²) in [5, 5.41) is 14.5. The van der Waals surface area contributed by atoms with Crippen LogP contribution >= 0.6 is 0 Å². The second kappa shape index (κ2) is 4.15. The second-order valence-corrected chi connectivity index (χ2v) is 4.61. The Labute approximate surface area is 104 Å². The molecule has 4 unspecified atom stereocenters. The zero-order chi connectivity index (χ0) is 13.6. The SMILES string of the molecule is O=C(Nc1nn[nH]n1)C1C2CCC(O2)C1C(F)(F)F. The van der Waals surface area contributed by atoms with Gasteiger partial charge in [0.2, 0.25) is 5.91 Å². The van der Waals surface area contributed by atoms with Crippen molar-refractivity contribution in [1.82, 2.24) is 20.6 Å². The van der Waals surface area contributed by atoms with E-state index in [1.165, 1.54) is 0 Å². The molecular formula is C9H10F3N5O2. The molecule has 3 rings (SSSR count). The largest absolute Gasteiger partial charge is 0.395 e. The van der Waals surface area contributed by atoms with Crippen LogP contribution in [-0.2, 0) is 9.53 Å². The highest BCUT2D eigenvalue weighted by Crippen LogP contribution is 2.50. The maximum Gasteiger partial charge on any atom is 0.395 e. The quantitative estimate of drug-likeness (QED) is 0.820. The predicted molar refractivity (Wildman–Crippen MR) is 53.7 cm³/mol. The molecule has 2 fully saturated rings. The van der Waals surface area contributed by atoms with Crippen LogP contribution in [0.15, 0.2) is 0 Å². The van der Waals surface area contributed by atoms with Crippen LogP contribution in [0.5, 0.6) is 0 Å². The van der Waals surface area contributed by atoms with Crippen molar-refractivity contribution in [1.29, 1.82) is 0 Å². The molecule has 0 saturated carbocycles. The number of nitrogens with zero attached hydrogens (tertiary/aromatic N) is 3. The topological polar surface area (TPSA) is 92.8 Å². The van der Waals surface area contributed by atoms with Gasteiger partial charge in [-0.05, 0) is 18.1 Å². The van der Waals surface area contributed by atoms with Crippen molar-refractivity contribution in [3.63, 3.8) is 0 Å². The number of tetrazole rings is 1.